The summed E-state index contributed by atoms with van der Waals surface area (Å²) >= 11 is 0. The van der Waals surface area contributed by atoms with E-state index >= 15 is 0 Å². The Morgan fingerprint density at radius 1 is 1.19 bits per heavy atom. The molecule has 1 aliphatic carbocycles. The van der Waals surface area contributed by atoms with Crippen LogP contribution in [0.15, 0.2) is 0 Å². The minimum atomic E-state index is 0.559. The summed E-state index contributed by atoms with van der Waals surface area (Å²) in [6, 6.07) is 0. The van der Waals surface area contributed by atoms with E-state index in [-0.39, 0.29) is 0 Å². The molecule has 1 aromatic heterocycles. The van der Waals surface area contributed by atoms with Gasteiger partial charge in [-0.05, 0) is 61.5 Å². The largest absolute Gasteiger partial charge is 0.317 e. The Balaban J connectivity index is 1.72. The van der Waals surface area contributed by atoms with E-state index in [9.17, 15) is 0 Å². The molecule has 1 aromatic rings. The van der Waals surface area contributed by atoms with Gasteiger partial charge in [-0.2, -0.15) is 0 Å². The van der Waals surface area contributed by atoms with Crippen LogP contribution in [0.25, 0.3) is 0 Å². The number of aromatic nitrogens is 4. The minimum Gasteiger partial charge on any atom is -0.317 e. The zero-order chi connectivity index (χ0) is 10.8. The molecule has 2 aliphatic rings. The predicted octanol–water partition coefficient (Wildman–Crippen LogP) is 0.940. The molecule has 2 heterocycles. The molecule has 1 atom stereocenters. The molecule has 5 heteroatoms. The summed E-state index contributed by atoms with van der Waals surface area (Å²) in [5, 5.41) is 15.7. The highest BCUT2D eigenvalue weighted by atomic mass is 15.5. The Morgan fingerprint density at radius 3 is 3.00 bits per heavy atom. The first-order valence-electron chi connectivity index (χ1n) is 6.40. The fourth-order valence-corrected chi connectivity index (χ4v) is 2.46. The molecule has 1 saturated heterocycles. The molecule has 0 radical (unpaired) electrons. The number of tetrazole rings is 1. The summed E-state index contributed by atoms with van der Waals surface area (Å²) in [4.78, 5) is 0. The quantitative estimate of drug-likeness (QED) is 0.825. The van der Waals surface area contributed by atoms with E-state index in [1.807, 2.05) is 4.68 Å². The molecule has 2 fully saturated rings. The van der Waals surface area contributed by atoms with Crippen molar-refractivity contribution in [1.29, 1.82) is 0 Å². The lowest BCUT2D eigenvalue weighted by molar-refractivity contribution is 0.477. The second-order valence-electron chi connectivity index (χ2n) is 5.04. The monoisotopic (exact) mass is 221 g/mol. The summed E-state index contributed by atoms with van der Waals surface area (Å²) in [5.41, 5.74) is 0. The molecule has 0 amide bonds. The molecule has 0 bridgehead atoms. The number of hydrogen-bond acceptors (Lipinski definition) is 4. The third-order valence-corrected chi connectivity index (χ3v) is 3.63. The SMILES string of the molecule is C1CNCCC(c2nnnn2CC2CC2)C1. The minimum absolute atomic E-state index is 0.559. The van der Waals surface area contributed by atoms with Crippen molar-refractivity contribution < 1.29 is 0 Å². The molecular weight excluding hydrogens is 202 g/mol. The van der Waals surface area contributed by atoms with Crippen LogP contribution in [0.1, 0.15) is 43.8 Å². The highest BCUT2D eigenvalue weighted by Gasteiger charge is 2.26. The van der Waals surface area contributed by atoms with Crippen LogP contribution in [0.2, 0.25) is 0 Å². The third-order valence-electron chi connectivity index (χ3n) is 3.63. The van der Waals surface area contributed by atoms with E-state index in [1.54, 1.807) is 0 Å². The molecule has 88 valence electrons. The van der Waals surface area contributed by atoms with Crippen LogP contribution in [-0.2, 0) is 6.54 Å². The maximum Gasteiger partial charge on any atom is 0.154 e. The first-order chi connectivity index (χ1) is 7.93. The number of nitrogens with zero attached hydrogens (tertiary/aromatic N) is 4. The first kappa shape index (κ1) is 10.2. The maximum atomic E-state index is 4.24. The van der Waals surface area contributed by atoms with Crippen LogP contribution in [0.5, 0.6) is 0 Å². The molecule has 16 heavy (non-hydrogen) atoms. The molecule has 5 nitrogen and oxygen atoms in total. The van der Waals surface area contributed by atoms with Gasteiger partial charge in [-0.1, -0.05) is 0 Å². The Bertz CT molecular complexity index is 336. The highest BCUT2D eigenvalue weighted by molar-refractivity contribution is 4.96. The van der Waals surface area contributed by atoms with Gasteiger partial charge in [-0.25, -0.2) is 4.68 Å². The smallest absolute Gasteiger partial charge is 0.154 e. The zero-order valence-corrected chi connectivity index (χ0v) is 9.60. The van der Waals surface area contributed by atoms with Crippen LogP contribution >= 0.6 is 0 Å². The molecule has 3 rings (SSSR count). The molecular formula is C11H19N5. The summed E-state index contributed by atoms with van der Waals surface area (Å²) in [6.07, 6.45) is 6.33. The molecule has 1 unspecified atom stereocenters. The molecule has 0 aromatic carbocycles. The number of nitrogens with one attached hydrogen (secondary N) is 1. The van der Waals surface area contributed by atoms with Crippen molar-refractivity contribution in [3.05, 3.63) is 5.82 Å². The van der Waals surface area contributed by atoms with Gasteiger partial charge in [0.15, 0.2) is 5.82 Å². The van der Waals surface area contributed by atoms with Crippen molar-refractivity contribution in [3.63, 3.8) is 0 Å². The van der Waals surface area contributed by atoms with Gasteiger partial charge in [0.1, 0.15) is 0 Å². The summed E-state index contributed by atoms with van der Waals surface area (Å²) in [7, 11) is 0. The summed E-state index contributed by atoms with van der Waals surface area (Å²) in [5.74, 6) is 2.52. The van der Waals surface area contributed by atoms with Gasteiger partial charge >= 0.3 is 0 Å². The zero-order valence-electron chi connectivity index (χ0n) is 9.60. The second kappa shape index (κ2) is 4.49. The predicted molar refractivity (Wildman–Crippen MR) is 60.0 cm³/mol. The van der Waals surface area contributed by atoms with Crippen LogP contribution in [0.4, 0.5) is 0 Å². The van der Waals surface area contributed by atoms with Crippen LogP contribution in [0.3, 0.4) is 0 Å². The van der Waals surface area contributed by atoms with Crippen molar-refractivity contribution in [2.45, 2.75) is 44.6 Å². The van der Waals surface area contributed by atoms with E-state index in [1.165, 1.54) is 32.1 Å². The first-order valence-corrected chi connectivity index (χ1v) is 6.40. The van der Waals surface area contributed by atoms with Crippen molar-refractivity contribution in [2.24, 2.45) is 5.92 Å². The second-order valence-corrected chi connectivity index (χ2v) is 5.04. The van der Waals surface area contributed by atoms with Crippen LogP contribution < -0.4 is 5.32 Å². The van der Waals surface area contributed by atoms with Gasteiger partial charge in [0.25, 0.3) is 0 Å². The summed E-state index contributed by atoms with van der Waals surface area (Å²) in [6.45, 7) is 3.27. The lowest BCUT2D eigenvalue weighted by Gasteiger charge is -2.12. The summed E-state index contributed by atoms with van der Waals surface area (Å²) < 4.78 is 2.05. The highest BCUT2D eigenvalue weighted by Crippen LogP contribution is 2.32. The van der Waals surface area contributed by atoms with Crippen molar-refractivity contribution >= 4 is 0 Å². The fraction of sp³-hybridized carbons (Fsp3) is 0.909. The Hall–Kier alpha value is -0.970. The van der Waals surface area contributed by atoms with E-state index in [0.717, 1.165) is 31.4 Å². The molecule has 0 spiro atoms. The Labute approximate surface area is 95.6 Å². The van der Waals surface area contributed by atoms with Gasteiger partial charge in [0.2, 0.25) is 0 Å². The van der Waals surface area contributed by atoms with Gasteiger partial charge < -0.3 is 5.32 Å². The van der Waals surface area contributed by atoms with Gasteiger partial charge in [0, 0.05) is 12.5 Å². The normalized spacial score (nSPS) is 26.6. The number of hydrogen-bond donors (Lipinski definition) is 1. The van der Waals surface area contributed by atoms with Crippen molar-refractivity contribution in [3.8, 4) is 0 Å². The van der Waals surface area contributed by atoms with Gasteiger partial charge in [-0.15, -0.1) is 5.10 Å². The topological polar surface area (TPSA) is 55.6 Å². The standard InChI is InChI=1S/C11H19N5/c1-2-10(5-7-12-6-1)11-13-14-15-16(11)8-9-3-4-9/h9-10,12H,1-8H2. The number of rotatable bonds is 3. The lowest BCUT2D eigenvalue weighted by Crippen LogP contribution is -2.15. The molecule has 1 N–H and O–H groups in total. The Kier molecular flexibility index (Phi) is 2.86. The van der Waals surface area contributed by atoms with Crippen molar-refractivity contribution in [2.75, 3.05) is 13.1 Å². The van der Waals surface area contributed by atoms with Crippen molar-refractivity contribution in [1.82, 2.24) is 25.5 Å². The molecule has 1 aliphatic heterocycles. The van der Waals surface area contributed by atoms with E-state index < -0.39 is 0 Å². The molecule has 1 saturated carbocycles. The Morgan fingerprint density at radius 2 is 2.12 bits per heavy atom. The van der Waals surface area contributed by atoms with Crippen LogP contribution in [0, 0.1) is 5.92 Å². The van der Waals surface area contributed by atoms with E-state index in [4.69, 9.17) is 0 Å². The van der Waals surface area contributed by atoms with Crippen LogP contribution in [-0.4, -0.2) is 33.3 Å². The average molecular weight is 221 g/mol. The third kappa shape index (κ3) is 2.24. The average Bonchev–Trinajstić information content (AvgIpc) is 3.04. The van der Waals surface area contributed by atoms with Gasteiger partial charge in [0.05, 0.1) is 0 Å². The maximum absolute atomic E-state index is 4.24. The van der Waals surface area contributed by atoms with E-state index in [2.05, 4.69) is 20.8 Å². The lowest BCUT2D eigenvalue weighted by atomic mass is 10.00. The van der Waals surface area contributed by atoms with Gasteiger partial charge in [-0.3, -0.25) is 0 Å². The van der Waals surface area contributed by atoms with E-state index in [0.29, 0.717) is 5.92 Å². The fourth-order valence-electron chi connectivity index (χ4n) is 2.46.